The van der Waals surface area contributed by atoms with E-state index in [0.717, 1.165) is 38.5 Å². The van der Waals surface area contributed by atoms with E-state index in [1.807, 2.05) is 6.08 Å². The number of unbranched alkanes of at least 4 members (excludes halogenated alkanes) is 11. The molecule has 1 fully saturated rings. The summed E-state index contributed by atoms with van der Waals surface area (Å²) < 4.78 is 0. The number of aliphatic hydroxyl groups excluding tert-OH is 1. The summed E-state index contributed by atoms with van der Waals surface area (Å²) in [6, 6.07) is 0. The summed E-state index contributed by atoms with van der Waals surface area (Å²) in [7, 11) is 0. The lowest BCUT2D eigenvalue weighted by Gasteiger charge is -2.50. The van der Waals surface area contributed by atoms with Crippen LogP contribution in [0.1, 0.15) is 122 Å². The van der Waals surface area contributed by atoms with Crippen LogP contribution in [0.2, 0.25) is 0 Å². The topological polar surface area (TPSA) is 40.5 Å². The maximum Gasteiger partial charge on any atom is 0.0759 e. The standard InChI is InChI=1S/C24H46O2/c1-3-5-6-7-8-9-10-11-12-13-14-15-19-23(22-25)20-16-17-21-24(23,26)18-4-2/h4,25-26H,2-3,5-22H2,1H3. The van der Waals surface area contributed by atoms with Crippen LogP contribution in [0.4, 0.5) is 0 Å². The quantitative estimate of drug-likeness (QED) is 0.229. The van der Waals surface area contributed by atoms with Gasteiger partial charge in [-0.1, -0.05) is 103 Å². The largest absolute Gasteiger partial charge is 0.396 e. The number of aliphatic hydroxyl groups is 2. The molecule has 0 aliphatic heterocycles. The van der Waals surface area contributed by atoms with Gasteiger partial charge in [0.25, 0.3) is 0 Å². The first-order valence-corrected chi connectivity index (χ1v) is 11.6. The van der Waals surface area contributed by atoms with Crippen molar-refractivity contribution in [2.75, 3.05) is 6.61 Å². The Morgan fingerprint density at radius 2 is 1.31 bits per heavy atom. The van der Waals surface area contributed by atoms with Crippen LogP contribution in [0.3, 0.4) is 0 Å². The van der Waals surface area contributed by atoms with Crippen LogP contribution in [0.25, 0.3) is 0 Å². The highest BCUT2D eigenvalue weighted by Crippen LogP contribution is 2.49. The molecule has 0 heterocycles. The van der Waals surface area contributed by atoms with Gasteiger partial charge in [-0.05, 0) is 25.7 Å². The molecule has 154 valence electrons. The Morgan fingerprint density at radius 1 is 0.808 bits per heavy atom. The van der Waals surface area contributed by atoms with Crippen LogP contribution in [-0.4, -0.2) is 22.4 Å². The highest BCUT2D eigenvalue weighted by atomic mass is 16.3. The minimum absolute atomic E-state index is 0.120. The molecule has 1 rings (SSSR count). The maximum atomic E-state index is 11.1. The minimum atomic E-state index is -0.737. The van der Waals surface area contributed by atoms with E-state index < -0.39 is 5.60 Å². The van der Waals surface area contributed by atoms with Crippen LogP contribution in [0.5, 0.6) is 0 Å². The molecule has 0 aromatic rings. The van der Waals surface area contributed by atoms with E-state index in [4.69, 9.17) is 0 Å². The fourth-order valence-electron chi connectivity index (χ4n) is 4.90. The molecule has 26 heavy (non-hydrogen) atoms. The molecule has 0 bridgehead atoms. The zero-order chi connectivity index (χ0) is 19.1. The Balaban J connectivity index is 2.14. The lowest BCUT2D eigenvalue weighted by molar-refractivity contribution is -0.139. The Labute approximate surface area is 163 Å². The lowest BCUT2D eigenvalue weighted by atomic mass is 9.60. The molecule has 2 atom stereocenters. The van der Waals surface area contributed by atoms with Gasteiger partial charge in [0, 0.05) is 5.41 Å². The Bertz CT molecular complexity index is 354. The van der Waals surface area contributed by atoms with E-state index in [1.165, 1.54) is 70.6 Å². The second-order valence-corrected chi connectivity index (χ2v) is 8.81. The van der Waals surface area contributed by atoms with E-state index in [2.05, 4.69) is 13.5 Å². The molecular weight excluding hydrogens is 320 g/mol. The normalized spacial score (nSPS) is 26.1. The van der Waals surface area contributed by atoms with Crippen molar-refractivity contribution in [3.8, 4) is 0 Å². The minimum Gasteiger partial charge on any atom is -0.396 e. The third-order valence-corrected chi connectivity index (χ3v) is 6.78. The van der Waals surface area contributed by atoms with Gasteiger partial charge < -0.3 is 10.2 Å². The van der Waals surface area contributed by atoms with Gasteiger partial charge >= 0.3 is 0 Å². The van der Waals surface area contributed by atoms with Crippen molar-refractivity contribution < 1.29 is 10.2 Å². The van der Waals surface area contributed by atoms with Crippen LogP contribution in [-0.2, 0) is 0 Å². The molecule has 1 aliphatic rings. The van der Waals surface area contributed by atoms with Crippen LogP contribution in [0.15, 0.2) is 12.7 Å². The van der Waals surface area contributed by atoms with Crippen LogP contribution >= 0.6 is 0 Å². The van der Waals surface area contributed by atoms with Crippen molar-refractivity contribution >= 4 is 0 Å². The predicted molar refractivity (Wildman–Crippen MR) is 113 cm³/mol. The summed E-state index contributed by atoms with van der Waals surface area (Å²) in [6.45, 7) is 6.22. The summed E-state index contributed by atoms with van der Waals surface area (Å²) >= 11 is 0. The molecule has 0 saturated heterocycles. The molecule has 2 heteroatoms. The van der Waals surface area contributed by atoms with Gasteiger partial charge in [-0.2, -0.15) is 0 Å². The van der Waals surface area contributed by atoms with Crippen LogP contribution < -0.4 is 0 Å². The average molecular weight is 367 g/mol. The number of rotatable bonds is 16. The van der Waals surface area contributed by atoms with Gasteiger partial charge in [-0.3, -0.25) is 0 Å². The summed E-state index contributed by atoms with van der Waals surface area (Å²) in [5.74, 6) is 0. The first kappa shape index (κ1) is 23.7. The van der Waals surface area contributed by atoms with Crippen molar-refractivity contribution in [2.45, 2.75) is 128 Å². The summed E-state index contributed by atoms with van der Waals surface area (Å²) in [4.78, 5) is 0. The number of hydrogen-bond acceptors (Lipinski definition) is 2. The predicted octanol–water partition coefficient (Wildman–Crippen LogP) is 6.94. The molecule has 0 amide bonds. The third-order valence-electron chi connectivity index (χ3n) is 6.78. The van der Waals surface area contributed by atoms with Crippen molar-refractivity contribution in [3.63, 3.8) is 0 Å². The Hall–Kier alpha value is -0.340. The second-order valence-electron chi connectivity index (χ2n) is 8.81. The molecule has 1 saturated carbocycles. The zero-order valence-corrected chi connectivity index (χ0v) is 17.6. The van der Waals surface area contributed by atoms with E-state index in [9.17, 15) is 10.2 Å². The monoisotopic (exact) mass is 366 g/mol. The van der Waals surface area contributed by atoms with E-state index in [1.54, 1.807) is 0 Å². The van der Waals surface area contributed by atoms with E-state index in [-0.39, 0.29) is 12.0 Å². The molecule has 0 aromatic heterocycles. The summed E-state index contributed by atoms with van der Waals surface area (Å²) in [6.07, 6.45) is 23.6. The molecule has 1 aliphatic carbocycles. The van der Waals surface area contributed by atoms with Crippen molar-refractivity contribution in [3.05, 3.63) is 12.7 Å². The van der Waals surface area contributed by atoms with Gasteiger partial charge in [-0.15, -0.1) is 6.58 Å². The molecule has 2 nitrogen and oxygen atoms in total. The fraction of sp³-hybridized carbons (Fsp3) is 0.917. The molecule has 2 unspecified atom stereocenters. The molecule has 2 N–H and O–H groups in total. The van der Waals surface area contributed by atoms with Crippen molar-refractivity contribution in [2.24, 2.45) is 5.41 Å². The summed E-state index contributed by atoms with van der Waals surface area (Å²) in [5, 5.41) is 21.2. The van der Waals surface area contributed by atoms with Gasteiger partial charge in [0.15, 0.2) is 0 Å². The first-order chi connectivity index (χ1) is 12.6. The second kappa shape index (κ2) is 13.8. The first-order valence-electron chi connectivity index (χ1n) is 11.6. The van der Waals surface area contributed by atoms with Gasteiger partial charge in [0.1, 0.15) is 0 Å². The Kier molecular flexibility index (Phi) is 12.6. The van der Waals surface area contributed by atoms with E-state index >= 15 is 0 Å². The van der Waals surface area contributed by atoms with Gasteiger partial charge in [0.2, 0.25) is 0 Å². The van der Waals surface area contributed by atoms with Gasteiger partial charge in [-0.25, -0.2) is 0 Å². The molecule has 0 radical (unpaired) electrons. The molecular formula is C24H46O2. The number of hydrogen-bond donors (Lipinski definition) is 2. The maximum absolute atomic E-state index is 11.1. The van der Waals surface area contributed by atoms with E-state index in [0.29, 0.717) is 6.42 Å². The highest BCUT2D eigenvalue weighted by molar-refractivity contribution is 5.04. The molecule has 0 spiro atoms. The smallest absolute Gasteiger partial charge is 0.0759 e. The van der Waals surface area contributed by atoms with Gasteiger partial charge in [0.05, 0.1) is 12.2 Å². The zero-order valence-electron chi connectivity index (χ0n) is 17.6. The lowest BCUT2D eigenvalue weighted by Crippen LogP contribution is -2.52. The van der Waals surface area contributed by atoms with Crippen LogP contribution in [0, 0.1) is 5.41 Å². The Morgan fingerprint density at radius 3 is 1.81 bits per heavy atom. The SMILES string of the molecule is C=CCC1(O)CCCCC1(CO)CCCCCCCCCCCCCC. The highest BCUT2D eigenvalue weighted by Gasteiger charge is 2.49. The third kappa shape index (κ3) is 7.72. The fourth-order valence-corrected chi connectivity index (χ4v) is 4.90. The summed E-state index contributed by atoms with van der Waals surface area (Å²) in [5.41, 5.74) is -1.03. The molecule has 0 aromatic carbocycles. The average Bonchev–Trinajstić information content (AvgIpc) is 2.64. The van der Waals surface area contributed by atoms with Crippen molar-refractivity contribution in [1.82, 2.24) is 0 Å². The van der Waals surface area contributed by atoms with Crippen molar-refractivity contribution in [1.29, 1.82) is 0 Å².